The Kier molecular flexibility index (Phi) is 7.33. The molecule has 0 saturated carbocycles. The second-order valence-corrected chi connectivity index (χ2v) is 9.80. The molecule has 0 bridgehead atoms. The van der Waals surface area contributed by atoms with Crippen molar-refractivity contribution in [3.8, 4) is 22.4 Å². The number of fused-ring (bicyclic) bond motifs is 1. The molecule has 1 fully saturated rings. The molecule has 0 radical (unpaired) electrons. The molecule has 0 atom stereocenters. The van der Waals surface area contributed by atoms with Crippen molar-refractivity contribution in [3.63, 3.8) is 0 Å². The average molecular weight is 527 g/mol. The van der Waals surface area contributed by atoms with Crippen LogP contribution in [0.25, 0.3) is 33.3 Å². The minimum Gasteiger partial charge on any atom is -0.378 e. The fraction of sp³-hybridized carbons (Fsp3) is 0.147. The van der Waals surface area contributed by atoms with Crippen LogP contribution in [0.5, 0.6) is 0 Å². The van der Waals surface area contributed by atoms with E-state index in [2.05, 4.69) is 51.8 Å². The molecule has 4 aromatic carbocycles. The first kappa shape index (κ1) is 25.5. The number of nitrogens with one attached hydrogen (secondary N) is 1. The van der Waals surface area contributed by atoms with Gasteiger partial charge in [-0.1, -0.05) is 84.9 Å². The maximum Gasteiger partial charge on any atom is 0.272 e. The van der Waals surface area contributed by atoms with Gasteiger partial charge in [0.2, 0.25) is 0 Å². The molecule has 6 heteroatoms. The zero-order valence-electron chi connectivity index (χ0n) is 22.4. The number of morpholine rings is 1. The number of nitrogens with zero attached hydrogens (tertiary/aromatic N) is 3. The van der Waals surface area contributed by atoms with Crippen molar-refractivity contribution in [2.24, 2.45) is 5.10 Å². The first-order valence-electron chi connectivity index (χ1n) is 13.5. The summed E-state index contributed by atoms with van der Waals surface area (Å²) in [4.78, 5) is 20.6. The van der Waals surface area contributed by atoms with Crippen LogP contribution in [0, 0.1) is 0 Å². The Hall–Kier alpha value is -4.81. The summed E-state index contributed by atoms with van der Waals surface area (Å²) < 4.78 is 5.45. The van der Waals surface area contributed by atoms with Crippen LogP contribution in [0.15, 0.2) is 114 Å². The van der Waals surface area contributed by atoms with Gasteiger partial charge in [-0.25, -0.2) is 10.4 Å². The van der Waals surface area contributed by atoms with Gasteiger partial charge in [-0.3, -0.25) is 4.79 Å². The Morgan fingerprint density at radius 3 is 2.20 bits per heavy atom. The first-order chi connectivity index (χ1) is 19.7. The summed E-state index contributed by atoms with van der Waals surface area (Å²) in [7, 11) is 0. The second-order valence-electron chi connectivity index (χ2n) is 9.80. The number of pyridine rings is 1. The highest BCUT2D eigenvalue weighted by Gasteiger charge is 2.15. The molecule has 1 N–H and O–H groups in total. The van der Waals surface area contributed by atoms with Gasteiger partial charge in [-0.2, -0.15) is 5.10 Å². The Morgan fingerprint density at radius 2 is 1.45 bits per heavy atom. The minimum absolute atomic E-state index is 0.273. The van der Waals surface area contributed by atoms with Gasteiger partial charge in [-0.05, 0) is 47.9 Å². The van der Waals surface area contributed by atoms with Gasteiger partial charge >= 0.3 is 0 Å². The number of hydrogen-bond donors (Lipinski definition) is 1. The first-order valence-corrected chi connectivity index (χ1v) is 13.5. The van der Waals surface area contributed by atoms with Crippen LogP contribution in [0.3, 0.4) is 0 Å². The number of hydrazone groups is 1. The topological polar surface area (TPSA) is 66.8 Å². The molecule has 1 amide bonds. The van der Waals surface area contributed by atoms with Crippen LogP contribution in [0.1, 0.15) is 22.8 Å². The second kappa shape index (κ2) is 11.5. The summed E-state index contributed by atoms with van der Waals surface area (Å²) in [6.07, 6.45) is 0. The average Bonchev–Trinajstić information content (AvgIpc) is 3.04. The van der Waals surface area contributed by atoms with Gasteiger partial charge in [0.25, 0.3) is 5.91 Å². The molecule has 6 rings (SSSR count). The molecular formula is C34H30N4O2. The van der Waals surface area contributed by atoms with Gasteiger partial charge in [0.1, 0.15) is 0 Å². The number of hydrogen-bond acceptors (Lipinski definition) is 5. The highest BCUT2D eigenvalue weighted by molar-refractivity contribution is 6.08. The standard InChI is InChI=1S/C34H30N4O2/c1-24(25-15-17-29(18-16-25)38-19-21-40-22-20-38)36-37-34(39)31-23-33(35-32-10-6-5-9-30(31)32)28-13-11-27(12-14-28)26-7-3-2-4-8-26/h2-18,23H,19-22H2,1H3,(H,37,39)/b36-24+. The Morgan fingerprint density at radius 1 is 0.800 bits per heavy atom. The van der Waals surface area contributed by atoms with Crippen molar-refractivity contribution in [2.75, 3.05) is 31.2 Å². The number of amides is 1. The van der Waals surface area contributed by atoms with Gasteiger partial charge < -0.3 is 9.64 Å². The van der Waals surface area contributed by atoms with Crippen molar-refractivity contribution in [3.05, 3.63) is 120 Å². The number of para-hydroxylation sites is 1. The molecule has 6 nitrogen and oxygen atoms in total. The molecule has 1 aliphatic heterocycles. The lowest BCUT2D eigenvalue weighted by Crippen LogP contribution is -2.36. The van der Waals surface area contributed by atoms with E-state index in [1.807, 2.05) is 79.7 Å². The Balaban J connectivity index is 1.24. The molecule has 1 saturated heterocycles. The normalized spacial score (nSPS) is 13.8. The predicted molar refractivity (Wildman–Crippen MR) is 162 cm³/mol. The molecule has 1 aliphatic rings. The summed E-state index contributed by atoms with van der Waals surface area (Å²) in [6.45, 7) is 5.18. The summed E-state index contributed by atoms with van der Waals surface area (Å²) in [5.41, 5.74) is 10.9. The third-order valence-electron chi connectivity index (χ3n) is 7.24. The molecule has 0 unspecified atom stereocenters. The van der Waals surface area contributed by atoms with Crippen LogP contribution >= 0.6 is 0 Å². The van der Waals surface area contributed by atoms with E-state index < -0.39 is 0 Å². The van der Waals surface area contributed by atoms with E-state index >= 15 is 0 Å². The molecule has 40 heavy (non-hydrogen) atoms. The van der Waals surface area contributed by atoms with Crippen molar-refractivity contribution < 1.29 is 9.53 Å². The summed E-state index contributed by atoms with van der Waals surface area (Å²) in [5.74, 6) is -0.273. The molecule has 5 aromatic rings. The number of benzene rings is 4. The van der Waals surface area contributed by atoms with E-state index in [1.54, 1.807) is 0 Å². The number of carbonyl (C=O) groups excluding carboxylic acids is 1. The smallest absolute Gasteiger partial charge is 0.272 e. The Labute approximate surface area is 234 Å². The molecule has 0 aliphatic carbocycles. The van der Waals surface area contributed by atoms with Crippen LogP contribution in [-0.2, 0) is 4.74 Å². The highest BCUT2D eigenvalue weighted by Crippen LogP contribution is 2.27. The quantitative estimate of drug-likeness (QED) is 0.201. The van der Waals surface area contributed by atoms with Crippen LogP contribution in [0.2, 0.25) is 0 Å². The van der Waals surface area contributed by atoms with Crippen LogP contribution < -0.4 is 10.3 Å². The van der Waals surface area contributed by atoms with Crippen LogP contribution in [0.4, 0.5) is 5.69 Å². The lowest BCUT2D eigenvalue weighted by atomic mass is 10.0. The molecule has 1 aromatic heterocycles. The van der Waals surface area contributed by atoms with Crippen molar-refractivity contribution in [2.45, 2.75) is 6.92 Å². The van der Waals surface area contributed by atoms with E-state index in [-0.39, 0.29) is 5.91 Å². The molecule has 0 spiro atoms. The minimum atomic E-state index is -0.273. The summed E-state index contributed by atoms with van der Waals surface area (Å²) in [6, 6.07) is 36.3. The number of aromatic nitrogens is 1. The maximum absolute atomic E-state index is 13.4. The molecular weight excluding hydrogens is 496 g/mol. The predicted octanol–water partition coefficient (Wildman–Crippen LogP) is 6.56. The lowest BCUT2D eigenvalue weighted by molar-refractivity contribution is 0.0956. The largest absolute Gasteiger partial charge is 0.378 e. The maximum atomic E-state index is 13.4. The van der Waals surface area contributed by atoms with Gasteiger partial charge in [-0.15, -0.1) is 0 Å². The monoisotopic (exact) mass is 526 g/mol. The summed E-state index contributed by atoms with van der Waals surface area (Å²) in [5, 5.41) is 5.21. The van der Waals surface area contributed by atoms with E-state index in [9.17, 15) is 4.79 Å². The van der Waals surface area contributed by atoms with Crippen molar-refractivity contribution in [1.82, 2.24) is 10.4 Å². The number of ether oxygens (including phenoxy) is 1. The molecule has 2 heterocycles. The van der Waals surface area contributed by atoms with Crippen LogP contribution in [-0.4, -0.2) is 42.9 Å². The van der Waals surface area contributed by atoms with Gasteiger partial charge in [0, 0.05) is 29.7 Å². The number of rotatable bonds is 6. The number of carbonyl (C=O) groups is 1. The fourth-order valence-corrected chi connectivity index (χ4v) is 4.97. The van der Waals surface area contributed by atoms with Gasteiger partial charge in [0.15, 0.2) is 0 Å². The van der Waals surface area contributed by atoms with Crippen molar-refractivity contribution in [1.29, 1.82) is 0 Å². The van der Waals surface area contributed by atoms with E-state index in [1.165, 1.54) is 0 Å². The third-order valence-corrected chi connectivity index (χ3v) is 7.24. The van der Waals surface area contributed by atoms with Gasteiger partial charge in [0.05, 0.1) is 35.7 Å². The SMILES string of the molecule is C/C(=N\NC(=O)c1cc(-c2ccc(-c3ccccc3)cc2)nc2ccccc12)c1ccc(N2CCOCC2)cc1. The van der Waals surface area contributed by atoms with Crippen molar-refractivity contribution >= 4 is 28.2 Å². The Bertz CT molecular complexity index is 1660. The fourth-order valence-electron chi connectivity index (χ4n) is 4.97. The number of anilines is 1. The summed E-state index contributed by atoms with van der Waals surface area (Å²) >= 11 is 0. The lowest BCUT2D eigenvalue weighted by Gasteiger charge is -2.28. The molecule has 198 valence electrons. The zero-order chi connectivity index (χ0) is 27.3. The zero-order valence-corrected chi connectivity index (χ0v) is 22.4. The van der Waals surface area contributed by atoms with E-state index in [4.69, 9.17) is 9.72 Å². The van der Waals surface area contributed by atoms with E-state index in [0.29, 0.717) is 5.56 Å². The highest BCUT2D eigenvalue weighted by atomic mass is 16.5. The third kappa shape index (κ3) is 5.48. The van der Waals surface area contributed by atoms with E-state index in [0.717, 1.165) is 76.6 Å².